The SMILES string of the molecule is CC(C)CC(O)C(=O)N[C@@H](C)C(=O)NC1N=C(c2ccccc2F)c2cc(Br)ccc2N(C)C1=O. The van der Waals surface area contributed by atoms with Crippen molar-refractivity contribution < 1.29 is 23.9 Å². The Labute approximate surface area is 211 Å². The molecule has 1 aliphatic heterocycles. The maximum absolute atomic E-state index is 14.8. The molecule has 0 aliphatic carbocycles. The van der Waals surface area contributed by atoms with Gasteiger partial charge in [0.05, 0.1) is 11.4 Å². The number of amides is 3. The largest absolute Gasteiger partial charge is 0.383 e. The van der Waals surface area contributed by atoms with E-state index >= 15 is 0 Å². The first-order valence-electron chi connectivity index (χ1n) is 11.2. The highest BCUT2D eigenvalue weighted by molar-refractivity contribution is 9.10. The zero-order valence-corrected chi connectivity index (χ0v) is 21.5. The van der Waals surface area contributed by atoms with Crippen molar-refractivity contribution in [1.82, 2.24) is 10.6 Å². The molecule has 2 aromatic carbocycles. The van der Waals surface area contributed by atoms with Crippen molar-refractivity contribution in [2.24, 2.45) is 10.9 Å². The maximum atomic E-state index is 14.8. The Hall–Kier alpha value is -3.11. The standard InChI is InChI=1S/C25H28BrFN4O4/c1-13(2)11-20(32)24(34)28-14(3)23(33)30-22-25(35)31(4)19-10-9-15(26)12-17(19)21(29-22)16-7-5-6-8-18(16)27/h5-10,12-14,20,22,32H,11H2,1-4H3,(H,28,34)(H,30,33)/t14-,20?,22?/m0/s1. The first kappa shape index (κ1) is 26.5. The summed E-state index contributed by atoms with van der Waals surface area (Å²) in [6, 6.07) is 10.2. The molecule has 0 fully saturated rings. The van der Waals surface area contributed by atoms with E-state index in [9.17, 15) is 23.9 Å². The summed E-state index contributed by atoms with van der Waals surface area (Å²) in [5, 5.41) is 15.0. The van der Waals surface area contributed by atoms with Crippen LogP contribution in [0.3, 0.4) is 0 Å². The van der Waals surface area contributed by atoms with Gasteiger partial charge in [0.15, 0.2) is 0 Å². The molecule has 0 radical (unpaired) electrons. The van der Waals surface area contributed by atoms with Crippen LogP contribution in [0.2, 0.25) is 0 Å². The fourth-order valence-corrected chi connectivity index (χ4v) is 4.06. The number of likely N-dealkylation sites (N-methyl/N-ethyl adjacent to an activating group) is 1. The van der Waals surface area contributed by atoms with Crippen molar-refractivity contribution in [2.75, 3.05) is 11.9 Å². The third kappa shape index (κ3) is 6.12. The number of anilines is 1. The Kier molecular flexibility index (Phi) is 8.39. The van der Waals surface area contributed by atoms with E-state index in [2.05, 4.69) is 31.6 Å². The van der Waals surface area contributed by atoms with E-state index in [-0.39, 0.29) is 23.6 Å². The van der Waals surface area contributed by atoms with Gasteiger partial charge in [-0.3, -0.25) is 14.4 Å². The van der Waals surface area contributed by atoms with Crippen LogP contribution in [-0.2, 0) is 14.4 Å². The lowest BCUT2D eigenvalue weighted by Gasteiger charge is -2.23. The quantitative estimate of drug-likeness (QED) is 0.495. The van der Waals surface area contributed by atoms with Gasteiger partial charge in [0.2, 0.25) is 18.0 Å². The van der Waals surface area contributed by atoms with Crippen LogP contribution in [0.15, 0.2) is 51.9 Å². The Balaban J connectivity index is 1.93. The summed E-state index contributed by atoms with van der Waals surface area (Å²) in [7, 11) is 1.54. The number of aliphatic imine (C=N–C) groups is 1. The molecule has 2 aromatic rings. The predicted molar refractivity (Wildman–Crippen MR) is 135 cm³/mol. The summed E-state index contributed by atoms with van der Waals surface area (Å²) < 4.78 is 15.5. The molecule has 1 heterocycles. The second-order valence-corrected chi connectivity index (χ2v) is 9.72. The molecule has 3 rings (SSSR count). The number of aliphatic hydroxyl groups is 1. The first-order valence-corrected chi connectivity index (χ1v) is 12.0. The van der Waals surface area contributed by atoms with Gasteiger partial charge in [-0.15, -0.1) is 0 Å². The van der Waals surface area contributed by atoms with Crippen molar-refractivity contribution in [3.05, 3.63) is 63.9 Å². The summed E-state index contributed by atoms with van der Waals surface area (Å²) in [5.41, 5.74) is 1.38. The van der Waals surface area contributed by atoms with Gasteiger partial charge in [-0.1, -0.05) is 41.9 Å². The van der Waals surface area contributed by atoms with Crippen LogP contribution in [0.1, 0.15) is 38.3 Å². The van der Waals surface area contributed by atoms with Crippen molar-refractivity contribution in [1.29, 1.82) is 0 Å². The molecule has 35 heavy (non-hydrogen) atoms. The summed E-state index contributed by atoms with van der Waals surface area (Å²) in [6.45, 7) is 5.17. The molecule has 10 heteroatoms. The van der Waals surface area contributed by atoms with Gasteiger partial charge in [0, 0.05) is 22.6 Å². The number of hydrogen-bond acceptors (Lipinski definition) is 5. The first-order chi connectivity index (χ1) is 16.5. The van der Waals surface area contributed by atoms with E-state index in [1.165, 1.54) is 17.9 Å². The van der Waals surface area contributed by atoms with Gasteiger partial charge in [-0.25, -0.2) is 9.38 Å². The van der Waals surface area contributed by atoms with Crippen molar-refractivity contribution >= 4 is 45.1 Å². The normalized spacial score (nSPS) is 17.3. The third-order valence-electron chi connectivity index (χ3n) is 5.56. The summed E-state index contributed by atoms with van der Waals surface area (Å²) >= 11 is 3.41. The van der Waals surface area contributed by atoms with E-state index in [1.807, 2.05) is 13.8 Å². The Morgan fingerprint density at radius 3 is 2.49 bits per heavy atom. The highest BCUT2D eigenvalue weighted by Gasteiger charge is 2.33. The molecule has 0 saturated heterocycles. The number of benzene rings is 2. The van der Waals surface area contributed by atoms with E-state index in [0.29, 0.717) is 15.7 Å². The third-order valence-corrected chi connectivity index (χ3v) is 6.05. The van der Waals surface area contributed by atoms with E-state index in [0.717, 1.165) is 0 Å². The highest BCUT2D eigenvalue weighted by atomic mass is 79.9. The van der Waals surface area contributed by atoms with Crippen LogP contribution < -0.4 is 15.5 Å². The number of rotatable bonds is 7. The molecule has 0 aromatic heterocycles. The number of carbonyl (C=O) groups is 3. The molecule has 3 amide bonds. The zero-order chi connectivity index (χ0) is 25.9. The van der Waals surface area contributed by atoms with E-state index in [1.54, 1.807) is 43.4 Å². The molecular formula is C25H28BrFN4O4. The lowest BCUT2D eigenvalue weighted by Crippen LogP contribution is -2.53. The van der Waals surface area contributed by atoms with Crippen molar-refractivity contribution in [3.63, 3.8) is 0 Å². The lowest BCUT2D eigenvalue weighted by molar-refractivity contribution is -0.135. The van der Waals surface area contributed by atoms with Gasteiger partial charge >= 0.3 is 0 Å². The molecule has 0 spiro atoms. The van der Waals surface area contributed by atoms with Crippen LogP contribution in [0.4, 0.5) is 10.1 Å². The predicted octanol–water partition coefficient (Wildman–Crippen LogP) is 2.76. The molecule has 2 unspecified atom stereocenters. The smallest absolute Gasteiger partial charge is 0.272 e. The van der Waals surface area contributed by atoms with Crippen LogP contribution >= 0.6 is 15.9 Å². The number of carbonyl (C=O) groups excluding carboxylic acids is 3. The van der Waals surface area contributed by atoms with Crippen LogP contribution in [0.5, 0.6) is 0 Å². The second kappa shape index (κ2) is 11.1. The fourth-order valence-electron chi connectivity index (χ4n) is 3.70. The topological polar surface area (TPSA) is 111 Å². The number of nitrogens with one attached hydrogen (secondary N) is 2. The summed E-state index contributed by atoms with van der Waals surface area (Å²) in [5.74, 6) is -2.33. The zero-order valence-electron chi connectivity index (χ0n) is 19.9. The number of hydrogen-bond donors (Lipinski definition) is 3. The molecule has 1 aliphatic rings. The average molecular weight is 547 g/mol. The van der Waals surface area contributed by atoms with E-state index in [4.69, 9.17) is 0 Å². The van der Waals surface area contributed by atoms with Gasteiger partial charge in [-0.05, 0) is 49.6 Å². The molecule has 3 atom stereocenters. The molecule has 0 bridgehead atoms. The molecule has 8 nitrogen and oxygen atoms in total. The fraction of sp³-hybridized carbons (Fsp3) is 0.360. The van der Waals surface area contributed by atoms with E-state index < -0.39 is 41.9 Å². The van der Waals surface area contributed by atoms with Gasteiger partial charge < -0.3 is 20.6 Å². The number of aliphatic hydroxyl groups excluding tert-OH is 1. The molecular weight excluding hydrogens is 519 g/mol. The monoisotopic (exact) mass is 546 g/mol. The van der Waals surface area contributed by atoms with Crippen molar-refractivity contribution in [2.45, 2.75) is 45.5 Å². The summed E-state index contributed by atoms with van der Waals surface area (Å²) in [6.07, 6.45) is -2.38. The maximum Gasteiger partial charge on any atom is 0.272 e. The minimum absolute atomic E-state index is 0.0897. The number of nitrogens with zero attached hydrogens (tertiary/aromatic N) is 2. The van der Waals surface area contributed by atoms with Crippen LogP contribution in [-0.4, -0.2) is 53.9 Å². The van der Waals surface area contributed by atoms with Gasteiger partial charge in [0.25, 0.3) is 5.91 Å². The number of fused-ring (bicyclic) bond motifs is 1. The number of benzodiazepines with no additional fused rings is 1. The van der Waals surface area contributed by atoms with Gasteiger partial charge in [-0.2, -0.15) is 0 Å². The molecule has 3 N–H and O–H groups in total. The minimum atomic E-state index is -1.37. The number of halogens is 2. The average Bonchev–Trinajstić information content (AvgIpc) is 2.89. The van der Waals surface area contributed by atoms with Crippen LogP contribution in [0, 0.1) is 11.7 Å². The van der Waals surface area contributed by atoms with Gasteiger partial charge in [0.1, 0.15) is 18.0 Å². The Morgan fingerprint density at radius 1 is 1.14 bits per heavy atom. The second-order valence-electron chi connectivity index (χ2n) is 8.80. The molecule has 186 valence electrons. The Morgan fingerprint density at radius 2 is 1.83 bits per heavy atom. The minimum Gasteiger partial charge on any atom is -0.383 e. The molecule has 0 saturated carbocycles. The van der Waals surface area contributed by atoms with Crippen LogP contribution in [0.25, 0.3) is 0 Å². The Bertz CT molecular complexity index is 1170. The van der Waals surface area contributed by atoms with Crippen molar-refractivity contribution in [3.8, 4) is 0 Å². The lowest BCUT2D eigenvalue weighted by atomic mass is 10.00. The summed E-state index contributed by atoms with van der Waals surface area (Å²) in [4.78, 5) is 44.1. The highest BCUT2D eigenvalue weighted by Crippen LogP contribution is 2.30.